The largest absolute Gasteiger partial charge is 0.339 e. The second kappa shape index (κ2) is 5.42. The number of carbonyl (C=O) groups is 1. The molecule has 7 heteroatoms. The average Bonchev–Trinajstić information content (AvgIpc) is 2.50. The number of benzene rings is 2. The molecule has 0 spiro atoms. The molecule has 2 amide bonds. The molecule has 0 unspecified atom stereocenters. The van der Waals surface area contributed by atoms with Gasteiger partial charge in [0.1, 0.15) is 5.88 Å². The summed E-state index contributed by atoms with van der Waals surface area (Å²) < 4.78 is 25.4. The Hall–Kier alpha value is -2.41. The zero-order chi connectivity index (χ0) is 15.7. The van der Waals surface area contributed by atoms with Gasteiger partial charge in [0.25, 0.3) is 0 Å². The van der Waals surface area contributed by atoms with Gasteiger partial charge < -0.3 is 4.90 Å². The van der Waals surface area contributed by atoms with Crippen LogP contribution in [0.3, 0.4) is 0 Å². The van der Waals surface area contributed by atoms with E-state index in [0.29, 0.717) is 11.1 Å². The van der Waals surface area contributed by atoms with Gasteiger partial charge in [-0.15, -0.1) is 0 Å². The lowest BCUT2D eigenvalue weighted by atomic mass is 10.1. The van der Waals surface area contributed by atoms with Crippen molar-refractivity contribution < 1.29 is 13.2 Å². The molecule has 2 aromatic carbocycles. The third-order valence-electron chi connectivity index (χ3n) is 3.46. The van der Waals surface area contributed by atoms with Crippen LogP contribution >= 0.6 is 0 Å². The highest BCUT2D eigenvalue weighted by Crippen LogP contribution is 2.24. The fourth-order valence-electron chi connectivity index (χ4n) is 2.44. The van der Waals surface area contributed by atoms with Crippen LogP contribution in [0.15, 0.2) is 52.5 Å². The first-order chi connectivity index (χ1) is 10.5. The number of amides is 2. The molecule has 114 valence electrons. The first-order valence-electron chi connectivity index (χ1n) is 6.76. The summed E-state index contributed by atoms with van der Waals surface area (Å²) in [6, 6.07) is 11.9. The van der Waals surface area contributed by atoms with Crippen molar-refractivity contribution >= 4 is 32.4 Å². The topological polar surface area (TPSA) is 78.8 Å². The van der Waals surface area contributed by atoms with Gasteiger partial charge in [-0.25, -0.2) is 18.6 Å². The van der Waals surface area contributed by atoms with Gasteiger partial charge in [-0.05, 0) is 18.4 Å². The SMILES string of the molecule is CC1=NNC(=O)N(CS(=O)(=O)c2cccc3ccccc23)C1. The molecule has 6 nitrogen and oxygen atoms in total. The van der Waals surface area contributed by atoms with Gasteiger partial charge in [0.15, 0.2) is 9.84 Å². The van der Waals surface area contributed by atoms with Crippen LogP contribution in [-0.4, -0.2) is 37.5 Å². The molecule has 0 atom stereocenters. The monoisotopic (exact) mass is 317 g/mol. The van der Waals surface area contributed by atoms with E-state index in [1.165, 1.54) is 4.90 Å². The molecule has 0 aromatic heterocycles. The summed E-state index contributed by atoms with van der Waals surface area (Å²) in [4.78, 5) is 13.2. The van der Waals surface area contributed by atoms with Gasteiger partial charge in [-0.1, -0.05) is 36.4 Å². The van der Waals surface area contributed by atoms with Crippen molar-refractivity contribution in [1.82, 2.24) is 10.3 Å². The Morgan fingerprint density at radius 2 is 1.91 bits per heavy atom. The van der Waals surface area contributed by atoms with Gasteiger partial charge in [-0.3, -0.25) is 0 Å². The van der Waals surface area contributed by atoms with Crippen molar-refractivity contribution in [3.8, 4) is 0 Å². The fraction of sp³-hybridized carbons (Fsp3) is 0.200. The van der Waals surface area contributed by atoms with E-state index in [2.05, 4.69) is 10.5 Å². The van der Waals surface area contributed by atoms with E-state index in [9.17, 15) is 13.2 Å². The number of nitrogens with one attached hydrogen (secondary N) is 1. The van der Waals surface area contributed by atoms with Crippen molar-refractivity contribution in [2.24, 2.45) is 5.10 Å². The molecule has 1 N–H and O–H groups in total. The van der Waals surface area contributed by atoms with Crippen molar-refractivity contribution in [3.63, 3.8) is 0 Å². The molecule has 0 saturated heterocycles. The summed E-state index contributed by atoms with van der Waals surface area (Å²) in [5.41, 5.74) is 2.96. The van der Waals surface area contributed by atoms with Crippen LogP contribution < -0.4 is 5.43 Å². The molecule has 0 radical (unpaired) electrons. The smallest absolute Gasteiger partial charge is 0.303 e. The molecule has 3 rings (SSSR count). The number of rotatable bonds is 3. The molecule has 0 aliphatic carbocycles. The van der Waals surface area contributed by atoms with Gasteiger partial charge >= 0.3 is 6.03 Å². The maximum Gasteiger partial charge on any atom is 0.339 e. The lowest BCUT2D eigenvalue weighted by molar-refractivity contribution is 0.209. The lowest BCUT2D eigenvalue weighted by Gasteiger charge is -2.25. The molecule has 2 aromatic rings. The van der Waals surface area contributed by atoms with Crippen LogP contribution in [0.5, 0.6) is 0 Å². The molecule has 0 fully saturated rings. The number of hydrogen-bond acceptors (Lipinski definition) is 4. The van der Waals surface area contributed by atoms with E-state index in [1.54, 1.807) is 31.2 Å². The Morgan fingerprint density at radius 3 is 2.73 bits per heavy atom. The maximum absolute atomic E-state index is 12.7. The number of urea groups is 1. The van der Waals surface area contributed by atoms with Crippen molar-refractivity contribution in [3.05, 3.63) is 42.5 Å². The Labute approximate surface area is 128 Å². The molecule has 1 aliphatic heterocycles. The minimum atomic E-state index is -3.63. The molecule has 0 bridgehead atoms. The van der Waals surface area contributed by atoms with Crippen LogP contribution in [0.2, 0.25) is 0 Å². The molecule has 0 saturated carbocycles. The lowest BCUT2D eigenvalue weighted by Crippen LogP contribution is -2.47. The van der Waals surface area contributed by atoms with Crippen LogP contribution in [0.4, 0.5) is 4.79 Å². The van der Waals surface area contributed by atoms with Crippen molar-refractivity contribution in [2.45, 2.75) is 11.8 Å². The second-order valence-electron chi connectivity index (χ2n) is 5.18. The molecular formula is C15H15N3O3S. The standard InChI is InChI=1S/C15H15N3O3S/c1-11-9-18(15(19)17-16-11)10-22(20,21)14-8-4-6-12-5-2-3-7-13(12)14/h2-8H,9-10H2,1H3,(H,17,19). The Balaban J connectivity index is 1.99. The number of sulfone groups is 1. The molecule has 22 heavy (non-hydrogen) atoms. The predicted molar refractivity (Wildman–Crippen MR) is 84.3 cm³/mol. The van der Waals surface area contributed by atoms with Crippen LogP contribution in [0.1, 0.15) is 6.92 Å². The van der Waals surface area contributed by atoms with Gasteiger partial charge in [-0.2, -0.15) is 5.10 Å². The zero-order valence-corrected chi connectivity index (χ0v) is 12.8. The third-order valence-corrected chi connectivity index (χ3v) is 5.14. The Morgan fingerprint density at radius 1 is 1.18 bits per heavy atom. The third kappa shape index (κ3) is 2.67. The summed E-state index contributed by atoms with van der Waals surface area (Å²) >= 11 is 0. The average molecular weight is 317 g/mol. The molecule has 1 aliphatic rings. The minimum Gasteiger partial charge on any atom is -0.303 e. The summed E-state index contributed by atoms with van der Waals surface area (Å²) in [5, 5.41) is 5.31. The normalized spacial score (nSPS) is 15.6. The highest BCUT2D eigenvalue weighted by molar-refractivity contribution is 7.91. The molecular weight excluding hydrogens is 302 g/mol. The van der Waals surface area contributed by atoms with Gasteiger partial charge in [0.05, 0.1) is 17.2 Å². The number of nitrogens with zero attached hydrogens (tertiary/aromatic N) is 2. The first-order valence-corrected chi connectivity index (χ1v) is 8.41. The maximum atomic E-state index is 12.7. The first kappa shape index (κ1) is 14.5. The van der Waals surface area contributed by atoms with E-state index >= 15 is 0 Å². The molecule has 1 heterocycles. The van der Waals surface area contributed by atoms with E-state index in [0.717, 1.165) is 5.39 Å². The van der Waals surface area contributed by atoms with E-state index in [1.807, 2.05) is 18.2 Å². The summed E-state index contributed by atoms with van der Waals surface area (Å²) in [6.07, 6.45) is 0. The predicted octanol–water partition coefficient (Wildman–Crippen LogP) is 1.97. The highest BCUT2D eigenvalue weighted by atomic mass is 32.2. The summed E-state index contributed by atoms with van der Waals surface area (Å²) in [5.74, 6) is -0.375. The number of fused-ring (bicyclic) bond motifs is 1. The van der Waals surface area contributed by atoms with E-state index in [-0.39, 0.29) is 17.3 Å². The van der Waals surface area contributed by atoms with E-state index in [4.69, 9.17) is 0 Å². The number of hydrazone groups is 1. The van der Waals surface area contributed by atoms with E-state index < -0.39 is 15.9 Å². The zero-order valence-electron chi connectivity index (χ0n) is 12.0. The quantitative estimate of drug-likeness (QED) is 0.940. The fourth-order valence-corrected chi connectivity index (χ4v) is 4.01. The minimum absolute atomic E-state index is 0.204. The summed E-state index contributed by atoms with van der Waals surface area (Å²) in [7, 11) is -3.63. The van der Waals surface area contributed by atoms with Crippen LogP contribution in [0.25, 0.3) is 10.8 Å². The van der Waals surface area contributed by atoms with Crippen LogP contribution in [-0.2, 0) is 9.84 Å². The second-order valence-corrected chi connectivity index (χ2v) is 7.11. The Kier molecular flexibility index (Phi) is 3.58. The highest BCUT2D eigenvalue weighted by Gasteiger charge is 2.26. The van der Waals surface area contributed by atoms with Crippen molar-refractivity contribution in [2.75, 3.05) is 12.4 Å². The van der Waals surface area contributed by atoms with Gasteiger partial charge in [0.2, 0.25) is 0 Å². The van der Waals surface area contributed by atoms with Gasteiger partial charge in [0, 0.05) is 5.39 Å². The Bertz CT molecular complexity index is 869. The number of carbonyl (C=O) groups excluding carboxylic acids is 1. The van der Waals surface area contributed by atoms with Crippen molar-refractivity contribution in [1.29, 1.82) is 0 Å². The van der Waals surface area contributed by atoms with Crippen LogP contribution in [0, 0.1) is 0 Å². The number of hydrogen-bond donors (Lipinski definition) is 1. The summed E-state index contributed by atoms with van der Waals surface area (Å²) in [6.45, 7) is 1.94.